The van der Waals surface area contributed by atoms with Crippen molar-refractivity contribution in [1.82, 2.24) is 9.97 Å². The Kier molecular flexibility index (Phi) is 6.47. The van der Waals surface area contributed by atoms with Crippen molar-refractivity contribution in [1.29, 1.82) is 0 Å². The quantitative estimate of drug-likeness (QED) is 0.167. The van der Waals surface area contributed by atoms with E-state index in [1.54, 1.807) is 6.07 Å². The smallest absolute Gasteiger partial charge is 0.271 e. The highest BCUT2D eigenvalue weighted by molar-refractivity contribution is 9.10. The highest BCUT2D eigenvalue weighted by Crippen LogP contribution is 2.32. The number of benzene rings is 3. The molecule has 9 heteroatoms. The second-order valence-corrected chi connectivity index (χ2v) is 9.23. The van der Waals surface area contributed by atoms with Gasteiger partial charge in [-0.3, -0.25) is 14.9 Å². The Morgan fingerprint density at radius 1 is 1.08 bits per heavy atom. The minimum atomic E-state index is -0.513. The minimum Gasteiger partial charge on any atom is -0.353 e. The van der Waals surface area contributed by atoms with E-state index < -0.39 is 4.92 Å². The van der Waals surface area contributed by atoms with Crippen molar-refractivity contribution in [2.75, 3.05) is 5.32 Å². The van der Waals surface area contributed by atoms with Crippen LogP contribution in [0, 0.1) is 15.9 Å². The van der Waals surface area contributed by atoms with Crippen molar-refractivity contribution in [2.45, 2.75) is 19.3 Å². The topological polar surface area (TPSA) is 101 Å². The predicted octanol–water partition coefficient (Wildman–Crippen LogP) is 7.15. The fourth-order valence-electron chi connectivity index (χ4n) is 4.26. The number of amides is 1. The Balaban J connectivity index is 1.39. The summed E-state index contributed by atoms with van der Waals surface area (Å²) in [5.41, 5.74) is 4.30. The molecule has 0 aliphatic carbocycles. The number of non-ortho nitro benzene ring substituents is 1. The summed E-state index contributed by atoms with van der Waals surface area (Å²) in [4.78, 5) is 31.3. The number of hydrogen-bond acceptors (Lipinski definition) is 4. The predicted molar refractivity (Wildman–Crippen MR) is 141 cm³/mol. The molecule has 5 aromatic rings. The van der Waals surface area contributed by atoms with Crippen molar-refractivity contribution < 1.29 is 14.1 Å². The summed E-state index contributed by atoms with van der Waals surface area (Å²) in [6, 6.07) is 20.5. The average molecular weight is 547 g/mol. The lowest BCUT2D eigenvalue weighted by atomic mass is 10.0. The number of carbonyl (C=O) groups excluding carboxylic acids is 1. The van der Waals surface area contributed by atoms with Crippen LogP contribution in [0.1, 0.15) is 18.4 Å². The Morgan fingerprint density at radius 3 is 2.75 bits per heavy atom. The first kappa shape index (κ1) is 23.6. The number of H-pyrrole nitrogens is 1. The van der Waals surface area contributed by atoms with Gasteiger partial charge in [-0.25, -0.2) is 9.37 Å². The fraction of sp³-hybridized carbons (Fsp3) is 0.111. The van der Waals surface area contributed by atoms with E-state index >= 15 is 0 Å². The molecule has 36 heavy (non-hydrogen) atoms. The Labute approximate surface area is 213 Å². The summed E-state index contributed by atoms with van der Waals surface area (Å²) in [6.45, 7) is 0. The van der Waals surface area contributed by atoms with E-state index in [1.807, 2.05) is 36.4 Å². The van der Waals surface area contributed by atoms with Gasteiger partial charge in [0, 0.05) is 39.3 Å². The molecule has 0 aliphatic rings. The first-order valence-electron chi connectivity index (χ1n) is 11.3. The van der Waals surface area contributed by atoms with Gasteiger partial charge in [-0.05, 0) is 70.7 Å². The normalized spacial score (nSPS) is 11.2. The Morgan fingerprint density at radius 2 is 1.92 bits per heavy atom. The monoisotopic (exact) mass is 546 g/mol. The molecule has 2 aromatic heterocycles. The summed E-state index contributed by atoms with van der Waals surface area (Å²) >= 11 is 3.31. The number of nitrogens with one attached hydrogen (secondary N) is 2. The van der Waals surface area contributed by atoms with Crippen LogP contribution < -0.4 is 5.32 Å². The molecule has 0 radical (unpaired) electrons. The number of aromatic nitrogens is 2. The van der Waals surface area contributed by atoms with Gasteiger partial charge in [0.25, 0.3) is 5.69 Å². The van der Waals surface area contributed by atoms with Gasteiger partial charge in [0.2, 0.25) is 5.91 Å². The van der Waals surface area contributed by atoms with Crippen LogP contribution in [0.15, 0.2) is 77.3 Å². The third kappa shape index (κ3) is 4.83. The number of para-hydroxylation sites is 1. The van der Waals surface area contributed by atoms with Crippen LogP contribution in [0.4, 0.5) is 15.8 Å². The van der Waals surface area contributed by atoms with Crippen molar-refractivity contribution in [2.24, 2.45) is 0 Å². The molecule has 5 rings (SSSR count). The van der Waals surface area contributed by atoms with Crippen LogP contribution in [-0.2, 0) is 11.2 Å². The number of halogens is 2. The molecule has 2 N–H and O–H groups in total. The van der Waals surface area contributed by atoms with E-state index in [1.165, 1.54) is 30.3 Å². The summed E-state index contributed by atoms with van der Waals surface area (Å²) in [7, 11) is 0. The molecule has 0 fully saturated rings. The fourth-order valence-corrected chi connectivity index (χ4v) is 4.61. The number of nitro benzene ring substituents is 1. The molecular formula is C27H20BrFN4O3. The van der Waals surface area contributed by atoms with Crippen molar-refractivity contribution in [3.05, 3.63) is 98.8 Å². The molecule has 0 atom stereocenters. The van der Waals surface area contributed by atoms with Crippen molar-refractivity contribution in [3.8, 4) is 11.4 Å². The summed E-state index contributed by atoms with van der Waals surface area (Å²) in [5.74, 6) is -0.610. The van der Waals surface area contributed by atoms with Crippen LogP contribution >= 0.6 is 15.9 Å². The molecule has 3 aromatic carbocycles. The maximum Gasteiger partial charge on any atom is 0.271 e. The van der Waals surface area contributed by atoms with Crippen LogP contribution in [-0.4, -0.2) is 20.8 Å². The molecule has 1 amide bonds. The Bertz CT molecular complexity index is 1630. The third-order valence-electron chi connectivity index (χ3n) is 5.99. The molecule has 0 aliphatic heterocycles. The molecular weight excluding hydrogens is 527 g/mol. The molecule has 7 nitrogen and oxygen atoms in total. The second kappa shape index (κ2) is 9.87. The van der Waals surface area contributed by atoms with E-state index in [2.05, 4.69) is 26.2 Å². The van der Waals surface area contributed by atoms with Gasteiger partial charge in [-0.1, -0.05) is 24.3 Å². The largest absolute Gasteiger partial charge is 0.353 e. The van der Waals surface area contributed by atoms with Gasteiger partial charge in [0.05, 0.1) is 27.5 Å². The molecule has 2 heterocycles. The number of nitro groups is 1. The van der Waals surface area contributed by atoms with Crippen LogP contribution in [0.25, 0.3) is 33.2 Å². The minimum absolute atomic E-state index is 0.109. The third-order valence-corrected chi connectivity index (χ3v) is 6.68. The van der Waals surface area contributed by atoms with E-state index in [0.29, 0.717) is 23.0 Å². The maximum absolute atomic E-state index is 14.1. The lowest BCUT2D eigenvalue weighted by Gasteiger charge is -2.09. The molecule has 0 saturated heterocycles. The van der Waals surface area contributed by atoms with Crippen LogP contribution in [0.5, 0.6) is 0 Å². The highest BCUT2D eigenvalue weighted by Gasteiger charge is 2.17. The number of nitrogens with zero attached hydrogens (tertiary/aromatic N) is 2. The molecule has 0 saturated carbocycles. The lowest BCUT2D eigenvalue weighted by Crippen LogP contribution is -2.12. The number of anilines is 1. The average Bonchev–Trinajstić information content (AvgIpc) is 3.22. The van der Waals surface area contributed by atoms with Crippen molar-refractivity contribution in [3.63, 3.8) is 0 Å². The molecule has 0 unspecified atom stereocenters. The van der Waals surface area contributed by atoms with Gasteiger partial charge in [0.15, 0.2) is 0 Å². The number of fused-ring (bicyclic) bond motifs is 2. The SMILES string of the molecule is O=C(CCCc1c(-c2ccc3ccccc3n2)[nH]c2ccc(F)cc12)Nc1cc([N+](=O)[O-])ccc1Br. The number of hydrogen-bond donors (Lipinski definition) is 2. The first-order valence-corrected chi connectivity index (χ1v) is 12.1. The number of pyridine rings is 1. The number of rotatable bonds is 7. The molecule has 0 bridgehead atoms. The van der Waals surface area contributed by atoms with Gasteiger partial charge < -0.3 is 10.3 Å². The standard InChI is InChI=1S/C27H20BrFN4O3/c28-21-11-10-18(33(35)36)15-25(21)31-26(34)7-3-5-19-20-14-17(29)9-13-23(20)32-27(19)24-12-8-16-4-1-2-6-22(16)30-24/h1-2,4,6,8-15,32H,3,5,7H2,(H,31,34). The van der Waals surface area contributed by atoms with Gasteiger partial charge >= 0.3 is 0 Å². The maximum atomic E-state index is 14.1. The van der Waals surface area contributed by atoms with Gasteiger partial charge in [-0.2, -0.15) is 0 Å². The number of carbonyl (C=O) groups is 1. The van der Waals surface area contributed by atoms with E-state index in [9.17, 15) is 19.3 Å². The van der Waals surface area contributed by atoms with E-state index in [0.717, 1.165) is 38.8 Å². The van der Waals surface area contributed by atoms with Crippen LogP contribution in [0.2, 0.25) is 0 Å². The van der Waals surface area contributed by atoms with E-state index in [4.69, 9.17) is 4.98 Å². The summed E-state index contributed by atoms with van der Waals surface area (Å²) < 4.78 is 14.7. The second-order valence-electron chi connectivity index (χ2n) is 8.38. The summed E-state index contributed by atoms with van der Waals surface area (Å²) in [5, 5.41) is 15.6. The lowest BCUT2D eigenvalue weighted by molar-refractivity contribution is -0.384. The van der Waals surface area contributed by atoms with E-state index in [-0.39, 0.29) is 23.8 Å². The Hall–Kier alpha value is -4.11. The molecule has 180 valence electrons. The van der Waals surface area contributed by atoms with Gasteiger partial charge in [0.1, 0.15) is 5.82 Å². The molecule has 0 spiro atoms. The van der Waals surface area contributed by atoms with Gasteiger partial charge in [-0.15, -0.1) is 0 Å². The summed E-state index contributed by atoms with van der Waals surface area (Å²) in [6.07, 6.45) is 1.18. The van der Waals surface area contributed by atoms with Crippen molar-refractivity contribution >= 4 is 55.0 Å². The zero-order valence-corrected chi connectivity index (χ0v) is 20.5. The number of aryl methyl sites for hydroxylation is 1. The first-order chi connectivity index (χ1) is 17.4. The number of aromatic amines is 1. The highest BCUT2D eigenvalue weighted by atomic mass is 79.9. The van der Waals surface area contributed by atoms with Crippen LogP contribution in [0.3, 0.4) is 0 Å². The zero-order valence-electron chi connectivity index (χ0n) is 18.9. The zero-order chi connectivity index (χ0) is 25.2.